The fourth-order valence-electron chi connectivity index (χ4n) is 3.04. The topological polar surface area (TPSA) is 124 Å². The number of urea groups is 1. The number of aromatic nitrogens is 1. The van der Waals surface area contributed by atoms with Gasteiger partial charge in [-0.05, 0) is 55.0 Å². The summed E-state index contributed by atoms with van der Waals surface area (Å²) in [5, 5.41) is 4.88. The van der Waals surface area contributed by atoms with E-state index in [0.29, 0.717) is 10.6 Å². The van der Waals surface area contributed by atoms with Crippen molar-refractivity contribution in [1.29, 1.82) is 0 Å². The molecular weight excluding hydrogens is 470 g/mol. The van der Waals surface area contributed by atoms with Crippen LogP contribution in [0.25, 0.3) is 0 Å². The van der Waals surface area contributed by atoms with Crippen LogP contribution in [-0.2, 0) is 9.84 Å². The Morgan fingerprint density at radius 1 is 1.00 bits per heavy atom. The van der Waals surface area contributed by atoms with Crippen molar-refractivity contribution in [2.75, 3.05) is 19.5 Å². The number of imide groups is 1. The summed E-state index contributed by atoms with van der Waals surface area (Å²) in [7, 11) is -1.10. The first-order valence-electron chi connectivity index (χ1n) is 9.48. The van der Waals surface area contributed by atoms with Crippen LogP contribution in [0.15, 0.2) is 64.6 Å². The molecule has 0 unspecified atom stereocenters. The Labute approximate surface area is 195 Å². The van der Waals surface area contributed by atoms with E-state index in [9.17, 15) is 18.0 Å². The Morgan fingerprint density at radius 2 is 1.61 bits per heavy atom. The molecule has 0 aliphatic heterocycles. The summed E-state index contributed by atoms with van der Waals surface area (Å²) in [6.07, 6.45) is 1.18. The molecule has 0 saturated heterocycles. The van der Waals surface area contributed by atoms with Gasteiger partial charge in [0.05, 0.1) is 31.0 Å². The molecule has 0 atom stereocenters. The minimum absolute atomic E-state index is 0.0392. The van der Waals surface area contributed by atoms with Gasteiger partial charge in [0.1, 0.15) is 17.1 Å². The number of nitrogens with one attached hydrogen (secondary N) is 2. The van der Waals surface area contributed by atoms with Crippen molar-refractivity contribution in [3.63, 3.8) is 0 Å². The zero-order valence-corrected chi connectivity index (χ0v) is 19.5. The fourth-order valence-corrected chi connectivity index (χ4v) is 4.56. The number of amides is 3. The summed E-state index contributed by atoms with van der Waals surface area (Å²) in [6.45, 7) is 1.55. The summed E-state index contributed by atoms with van der Waals surface area (Å²) in [4.78, 5) is 29.0. The molecule has 0 saturated carbocycles. The van der Waals surface area contributed by atoms with E-state index in [1.165, 1.54) is 50.7 Å². The number of anilines is 1. The first-order chi connectivity index (χ1) is 15.7. The van der Waals surface area contributed by atoms with Crippen LogP contribution in [0.2, 0.25) is 5.02 Å². The molecule has 1 heterocycles. The number of carbonyl (C=O) groups excluding carboxylic acids is 2. The average Bonchev–Trinajstić information content (AvgIpc) is 2.78. The molecule has 2 N–H and O–H groups in total. The lowest BCUT2D eigenvalue weighted by molar-refractivity contribution is 0.0961. The summed E-state index contributed by atoms with van der Waals surface area (Å²) < 4.78 is 36.0. The Bertz CT molecular complexity index is 1290. The SMILES string of the molecule is COc1cccc(OC)c1C(=O)NC(=O)Nc1cnc(S(=O)(=O)c2ccc(Cl)cc2)c(C)c1. The van der Waals surface area contributed by atoms with Crippen molar-refractivity contribution in [1.82, 2.24) is 10.3 Å². The molecule has 3 rings (SSSR count). The van der Waals surface area contributed by atoms with Crippen molar-refractivity contribution in [2.45, 2.75) is 16.8 Å². The zero-order chi connectivity index (χ0) is 24.2. The number of hydrogen-bond acceptors (Lipinski definition) is 7. The minimum Gasteiger partial charge on any atom is -0.496 e. The summed E-state index contributed by atoms with van der Waals surface area (Å²) in [6, 6.07) is 11.1. The number of halogens is 1. The van der Waals surface area contributed by atoms with Crippen LogP contribution in [0.5, 0.6) is 11.5 Å². The minimum atomic E-state index is -3.88. The van der Waals surface area contributed by atoms with Crippen LogP contribution in [0, 0.1) is 6.92 Å². The van der Waals surface area contributed by atoms with Gasteiger partial charge in [-0.25, -0.2) is 18.2 Å². The second-order valence-electron chi connectivity index (χ2n) is 6.75. The molecule has 3 aromatic rings. The van der Waals surface area contributed by atoms with E-state index in [0.717, 1.165) is 0 Å². The number of sulfone groups is 1. The Kier molecular flexibility index (Phi) is 7.19. The second-order valence-corrected chi connectivity index (χ2v) is 9.05. The van der Waals surface area contributed by atoms with Gasteiger partial charge in [-0.1, -0.05) is 17.7 Å². The third-order valence-electron chi connectivity index (χ3n) is 4.55. The number of methoxy groups -OCH3 is 2. The molecule has 3 amide bonds. The van der Waals surface area contributed by atoms with Gasteiger partial charge in [0.15, 0.2) is 5.03 Å². The summed E-state index contributed by atoms with van der Waals surface area (Å²) in [5.41, 5.74) is 0.552. The summed E-state index contributed by atoms with van der Waals surface area (Å²) >= 11 is 5.82. The standard InChI is InChI=1S/C22H20ClN3O6S/c1-13-11-15(12-24-21(13)33(29,30)16-9-7-14(23)8-10-16)25-22(28)26-20(27)19-17(31-2)5-4-6-18(19)32-3/h4-12H,1-3H3,(H2,25,26,27,28). The van der Waals surface area contributed by atoms with Gasteiger partial charge in [0.2, 0.25) is 9.84 Å². The van der Waals surface area contributed by atoms with E-state index >= 15 is 0 Å². The molecular formula is C22H20ClN3O6S. The monoisotopic (exact) mass is 489 g/mol. The molecule has 0 fully saturated rings. The van der Waals surface area contributed by atoms with Crippen molar-refractivity contribution >= 4 is 39.1 Å². The van der Waals surface area contributed by atoms with Crippen LogP contribution in [0.1, 0.15) is 15.9 Å². The van der Waals surface area contributed by atoms with E-state index in [2.05, 4.69) is 15.6 Å². The first-order valence-corrected chi connectivity index (χ1v) is 11.3. The molecule has 0 radical (unpaired) electrons. The largest absolute Gasteiger partial charge is 0.496 e. The highest BCUT2D eigenvalue weighted by Crippen LogP contribution is 2.28. The quantitative estimate of drug-likeness (QED) is 0.538. The third kappa shape index (κ3) is 5.24. The number of aryl methyl sites for hydroxylation is 1. The fraction of sp³-hybridized carbons (Fsp3) is 0.136. The molecule has 0 aliphatic carbocycles. The number of rotatable bonds is 6. The van der Waals surface area contributed by atoms with Gasteiger partial charge in [0.25, 0.3) is 5.91 Å². The average molecular weight is 490 g/mol. The molecule has 1 aromatic heterocycles. The lowest BCUT2D eigenvalue weighted by Crippen LogP contribution is -2.34. The van der Waals surface area contributed by atoms with Crippen LogP contribution in [0.4, 0.5) is 10.5 Å². The number of ether oxygens (including phenoxy) is 2. The van der Waals surface area contributed by atoms with Gasteiger partial charge in [-0.15, -0.1) is 0 Å². The molecule has 0 bridgehead atoms. The second kappa shape index (κ2) is 9.88. The smallest absolute Gasteiger partial charge is 0.326 e. The van der Waals surface area contributed by atoms with Gasteiger partial charge >= 0.3 is 6.03 Å². The maximum Gasteiger partial charge on any atom is 0.326 e. The van der Waals surface area contributed by atoms with Gasteiger partial charge in [0, 0.05) is 5.02 Å². The van der Waals surface area contributed by atoms with Crippen molar-refractivity contribution in [2.24, 2.45) is 0 Å². The van der Waals surface area contributed by atoms with Gasteiger partial charge in [-0.2, -0.15) is 0 Å². The lowest BCUT2D eigenvalue weighted by Gasteiger charge is -2.13. The molecule has 2 aromatic carbocycles. The first kappa shape index (κ1) is 24.0. The van der Waals surface area contributed by atoms with Crippen LogP contribution in [-0.4, -0.2) is 39.6 Å². The molecule has 9 nitrogen and oxygen atoms in total. The lowest BCUT2D eigenvalue weighted by atomic mass is 10.1. The van der Waals surface area contributed by atoms with Crippen LogP contribution >= 0.6 is 11.6 Å². The summed E-state index contributed by atoms with van der Waals surface area (Å²) in [5.74, 6) is -0.281. The number of benzene rings is 2. The maximum atomic E-state index is 12.8. The molecule has 11 heteroatoms. The zero-order valence-electron chi connectivity index (χ0n) is 17.9. The molecule has 172 valence electrons. The predicted molar refractivity (Wildman–Crippen MR) is 122 cm³/mol. The van der Waals surface area contributed by atoms with Crippen molar-refractivity contribution < 1.29 is 27.5 Å². The van der Waals surface area contributed by atoms with Crippen molar-refractivity contribution in [3.8, 4) is 11.5 Å². The highest BCUT2D eigenvalue weighted by atomic mass is 35.5. The highest BCUT2D eigenvalue weighted by molar-refractivity contribution is 7.91. The number of pyridine rings is 1. The van der Waals surface area contributed by atoms with E-state index in [4.69, 9.17) is 21.1 Å². The highest BCUT2D eigenvalue weighted by Gasteiger charge is 2.23. The number of nitrogens with zero attached hydrogens (tertiary/aromatic N) is 1. The van der Waals surface area contributed by atoms with Gasteiger partial charge in [-0.3, -0.25) is 10.1 Å². The van der Waals surface area contributed by atoms with Crippen molar-refractivity contribution in [3.05, 3.63) is 70.9 Å². The third-order valence-corrected chi connectivity index (χ3v) is 6.63. The van der Waals surface area contributed by atoms with Crippen LogP contribution in [0.3, 0.4) is 0 Å². The number of carbonyl (C=O) groups is 2. The van der Waals surface area contributed by atoms with E-state index < -0.39 is 21.8 Å². The molecule has 0 spiro atoms. The maximum absolute atomic E-state index is 12.8. The predicted octanol–water partition coefficient (Wildman–Crippen LogP) is 3.86. The Hall–Kier alpha value is -3.63. The van der Waals surface area contributed by atoms with E-state index in [1.54, 1.807) is 25.1 Å². The van der Waals surface area contributed by atoms with E-state index in [1.807, 2.05) is 0 Å². The molecule has 33 heavy (non-hydrogen) atoms. The van der Waals surface area contributed by atoms with Gasteiger partial charge < -0.3 is 14.8 Å². The Morgan fingerprint density at radius 3 is 2.15 bits per heavy atom. The Balaban J connectivity index is 1.77. The number of hydrogen-bond donors (Lipinski definition) is 2. The normalized spacial score (nSPS) is 10.9. The molecule has 0 aliphatic rings. The van der Waals surface area contributed by atoms with Crippen LogP contribution < -0.4 is 20.1 Å². The van der Waals surface area contributed by atoms with E-state index in [-0.39, 0.29) is 32.7 Å².